The van der Waals surface area contributed by atoms with Crippen molar-refractivity contribution in [1.29, 1.82) is 5.26 Å². The SMILES string of the molecule is N#CN.[CH3][Hg]. The third-order valence-corrected chi connectivity index (χ3v) is 0. The molecule has 2 nitrogen and oxygen atoms in total. The molecule has 0 fully saturated rings. The van der Waals surface area contributed by atoms with E-state index < -0.39 is 0 Å². The van der Waals surface area contributed by atoms with Gasteiger partial charge in [-0.25, -0.2) is 0 Å². The molecule has 0 radical (unpaired) electrons. The van der Waals surface area contributed by atoms with Crippen molar-refractivity contribution in [3.8, 4) is 6.19 Å². The molecule has 0 saturated heterocycles. The van der Waals surface area contributed by atoms with E-state index in [9.17, 15) is 0 Å². The Hall–Kier alpha value is 0.225. The van der Waals surface area contributed by atoms with E-state index in [1.165, 1.54) is 6.19 Å². The molecule has 0 amide bonds. The van der Waals surface area contributed by atoms with E-state index in [-0.39, 0.29) is 0 Å². The van der Waals surface area contributed by atoms with Crippen LogP contribution >= 0.6 is 0 Å². The number of rotatable bonds is 0. The summed E-state index contributed by atoms with van der Waals surface area (Å²) in [6.45, 7) is 0. The summed E-state index contributed by atoms with van der Waals surface area (Å²) >= 11 is 1.03. The van der Waals surface area contributed by atoms with Crippen LogP contribution < -0.4 is 5.73 Å². The number of hydrogen-bond acceptors (Lipinski definition) is 2. The van der Waals surface area contributed by atoms with Crippen LogP contribution in [0.1, 0.15) is 0 Å². The molecule has 0 aromatic rings. The molecule has 0 saturated carbocycles. The Morgan fingerprint density at radius 3 is 1.80 bits per heavy atom. The molecule has 0 unspecified atom stereocenters. The molecule has 0 rings (SSSR count). The van der Waals surface area contributed by atoms with E-state index in [0.29, 0.717) is 0 Å². The Bertz CT molecular complexity index is 29.1. The summed E-state index contributed by atoms with van der Waals surface area (Å²) in [5, 5.41) is 7.10. The van der Waals surface area contributed by atoms with Crippen molar-refractivity contribution < 1.29 is 26.1 Å². The van der Waals surface area contributed by atoms with Crippen LogP contribution in [0.5, 0.6) is 0 Å². The zero-order valence-electron chi connectivity index (χ0n) is 3.23. The molecule has 0 aromatic carbocycles. The van der Waals surface area contributed by atoms with Crippen LogP contribution in [-0.4, -0.2) is 0 Å². The summed E-state index contributed by atoms with van der Waals surface area (Å²) in [7, 11) is 0. The zero-order valence-corrected chi connectivity index (χ0v) is 8.73. The van der Waals surface area contributed by atoms with E-state index in [0.717, 1.165) is 26.1 Å². The molecule has 25 valence electrons. The molecule has 0 aliphatic heterocycles. The molecule has 0 heterocycles. The van der Waals surface area contributed by atoms with Crippen LogP contribution in [0, 0.1) is 11.5 Å². The van der Waals surface area contributed by atoms with E-state index >= 15 is 0 Å². The summed E-state index contributed by atoms with van der Waals surface area (Å²) in [5.41, 5.74) is 4.15. The van der Waals surface area contributed by atoms with Crippen molar-refractivity contribution >= 4 is 0 Å². The summed E-state index contributed by atoms with van der Waals surface area (Å²) in [6, 6.07) is 0. The van der Waals surface area contributed by atoms with Crippen molar-refractivity contribution in [2.75, 3.05) is 0 Å². The van der Waals surface area contributed by atoms with Crippen LogP contribution in [0.2, 0.25) is 4.43 Å². The quantitative estimate of drug-likeness (QED) is 0.378. The minimum atomic E-state index is 1.03. The van der Waals surface area contributed by atoms with E-state index in [2.05, 4.69) is 10.2 Å². The first-order chi connectivity index (χ1) is 2.41. The van der Waals surface area contributed by atoms with Crippen LogP contribution in [0.3, 0.4) is 0 Å². The predicted octanol–water partition coefficient (Wildman–Crippen LogP) is 0.00748. The fourth-order valence-corrected chi connectivity index (χ4v) is 0. The Labute approximate surface area is 47.9 Å². The molecule has 0 aliphatic carbocycles. The Morgan fingerprint density at radius 1 is 1.80 bits per heavy atom. The molecule has 5 heavy (non-hydrogen) atoms. The Balaban J connectivity index is 0. The van der Waals surface area contributed by atoms with Gasteiger partial charge in [0.2, 0.25) is 0 Å². The van der Waals surface area contributed by atoms with Gasteiger partial charge in [-0.3, -0.25) is 0 Å². The van der Waals surface area contributed by atoms with Gasteiger partial charge in [0.1, 0.15) is 0 Å². The maximum absolute atomic E-state index is 7.10. The van der Waals surface area contributed by atoms with Gasteiger partial charge in [0, 0.05) is 0 Å². The number of nitrogens with two attached hydrogens (primary N) is 1. The van der Waals surface area contributed by atoms with Gasteiger partial charge in [-0.2, -0.15) is 5.26 Å². The first-order valence-corrected chi connectivity index (χ1v) is 6.72. The monoisotopic (exact) mass is 259 g/mol. The topological polar surface area (TPSA) is 49.8 Å². The average molecular weight is 258 g/mol. The third kappa shape index (κ3) is 413. The first-order valence-electron chi connectivity index (χ1n) is 1.22. The fraction of sp³-hybridized carbons (Fsp3) is 0.500. The fourth-order valence-electron chi connectivity index (χ4n) is 0. The van der Waals surface area contributed by atoms with Gasteiger partial charge < -0.3 is 5.73 Å². The normalized spacial score (nSPS) is 2.80. The zero-order chi connectivity index (χ0) is 4.71. The summed E-state index contributed by atoms with van der Waals surface area (Å²) in [5.74, 6) is 0. The molecule has 0 aromatic heterocycles. The maximum atomic E-state index is 7.10. The second kappa shape index (κ2) is 29.3. The first kappa shape index (κ1) is 8.97. The van der Waals surface area contributed by atoms with Crippen LogP contribution in [-0.2, 0) is 26.1 Å². The molecule has 0 aliphatic rings. The molecule has 2 N–H and O–H groups in total. The molecular formula is C2H5HgN2. The van der Waals surface area contributed by atoms with Crippen LogP contribution in [0.4, 0.5) is 0 Å². The Morgan fingerprint density at radius 2 is 1.80 bits per heavy atom. The van der Waals surface area contributed by atoms with Crippen LogP contribution in [0.15, 0.2) is 0 Å². The average Bonchev–Trinajstić information content (AvgIpc) is 1.46. The summed E-state index contributed by atoms with van der Waals surface area (Å²) in [4.78, 5) is 0. The van der Waals surface area contributed by atoms with Gasteiger partial charge in [0.25, 0.3) is 0 Å². The summed E-state index contributed by atoms with van der Waals surface area (Å²) < 4.78 is 2.19. The van der Waals surface area contributed by atoms with Crippen LogP contribution in [0.25, 0.3) is 0 Å². The number of nitriles is 1. The van der Waals surface area contributed by atoms with E-state index in [1.54, 1.807) is 0 Å². The number of hydrogen-bond donors (Lipinski definition) is 1. The van der Waals surface area contributed by atoms with Crippen molar-refractivity contribution in [3.63, 3.8) is 0 Å². The van der Waals surface area contributed by atoms with E-state index in [1.807, 2.05) is 0 Å². The molecule has 3 heteroatoms. The second-order valence-corrected chi connectivity index (χ2v) is 0.129. The van der Waals surface area contributed by atoms with Gasteiger partial charge in [0.05, 0.1) is 0 Å². The third-order valence-electron chi connectivity index (χ3n) is 0. The minimum absolute atomic E-state index is 1.03. The van der Waals surface area contributed by atoms with Crippen molar-refractivity contribution in [2.45, 2.75) is 4.43 Å². The number of nitrogens with zero attached hydrogens (tertiary/aromatic N) is 1. The van der Waals surface area contributed by atoms with Gasteiger partial charge in [-0.1, -0.05) is 0 Å². The Kier molecular flexibility index (Phi) is 52.5. The summed E-state index contributed by atoms with van der Waals surface area (Å²) in [6.07, 6.45) is 1.25. The standard InChI is InChI=1S/CH2N2.CH3.Hg/c2-1-3;;/h2H2;1H3;. The molecule has 0 spiro atoms. The molecular weight excluding hydrogens is 253 g/mol. The van der Waals surface area contributed by atoms with Gasteiger partial charge in [-0.05, 0) is 0 Å². The van der Waals surface area contributed by atoms with Crippen molar-refractivity contribution in [1.82, 2.24) is 0 Å². The van der Waals surface area contributed by atoms with E-state index in [4.69, 9.17) is 5.26 Å². The van der Waals surface area contributed by atoms with Crippen molar-refractivity contribution in [3.05, 3.63) is 0 Å². The van der Waals surface area contributed by atoms with Gasteiger partial charge in [0.15, 0.2) is 6.19 Å². The van der Waals surface area contributed by atoms with Gasteiger partial charge >= 0.3 is 30.6 Å². The second-order valence-electron chi connectivity index (χ2n) is 0.129. The predicted molar refractivity (Wildman–Crippen MR) is 15.7 cm³/mol. The van der Waals surface area contributed by atoms with Crippen molar-refractivity contribution in [2.24, 2.45) is 5.73 Å². The molecule has 0 atom stereocenters. The van der Waals surface area contributed by atoms with Gasteiger partial charge in [-0.15, -0.1) is 0 Å². The molecule has 0 bridgehead atoms.